The van der Waals surface area contributed by atoms with Gasteiger partial charge in [-0.25, -0.2) is 0 Å². The number of carbonyl (C=O) groups excluding carboxylic acids is 1. The van der Waals surface area contributed by atoms with Crippen LogP contribution in [0.25, 0.3) is 0 Å². The molecule has 0 N–H and O–H groups in total. The number of ketones is 1. The molecule has 5 aliphatic rings. The Morgan fingerprint density at radius 3 is 1.51 bits per heavy atom. The van der Waals surface area contributed by atoms with Crippen LogP contribution in [0, 0.1) is 52.3 Å². The van der Waals surface area contributed by atoms with Crippen LogP contribution < -0.4 is 0 Å². The Morgan fingerprint density at radius 1 is 0.642 bits per heavy atom. The van der Waals surface area contributed by atoms with Crippen LogP contribution in [0.5, 0.6) is 0 Å². The monoisotopic (exact) mass is 948 g/mol. The largest absolute Gasteiger partial charge is 2.00 e. The van der Waals surface area contributed by atoms with Gasteiger partial charge in [-0.1, -0.05) is 86.0 Å². The summed E-state index contributed by atoms with van der Waals surface area (Å²) in [6, 6.07) is 0. The molecule has 0 heterocycles. The van der Waals surface area contributed by atoms with Crippen molar-refractivity contribution >= 4 is 30.5 Å². The van der Waals surface area contributed by atoms with Gasteiger partial charge in [0, 0.05) is 43.3 Å². The molecule has 1 unspecified atom stereocenters. The second kappa shape index (κ2) is 30.0. The van der Waals surface area contributed by atoms with Crippen LogP contribution in [0.4, 0.5) is 0 Å². The molecule has 5 saturated carbocycles. The molecule has 0 amide bonds. The number of rotatable bonds is 11. The van der Waals surface area contributed by atoms with Crippen molar-refractivity contribution in [2.75, 3.05) is 42.7 Å². The van der Waals surface area contributed by atoms with E-state index in [4.69, 9.17) is 0 Å². The van der Waals surface area contributed by atoms with Gasteiger partial charge in [-0.15, -0.1) is 27.1 Å². The van der Waals surface area contributed by atoms with Gasteiger partial charge in [0.15, 0.2) is 0 Å². The molecule has 53 heavy (non-hydrogen) atoms. The van der Waals surface area contributed by atoms with Crippen LogP contribution in [0.1, 0.15) is 144 Å². The van der Waals surface area contributed by atoms with Crippen molar-refractivity contribution in [1.82, 2.24) is 0 Å². The molecular formula is C38H74CoO10P3Pd+5. The van der Waals surface area contributed by atoms with E-state index in [0.29, 0.717) is 22.5 Å². The summed E-state index contributed by atoms with van der Waals surface area (Å²) in [6.07, 6.45) is 23.4. The molecule has 0 aliphatic heterocycles. The van der Waals surface area contributed by atoms with Gasteiger partial charge in [0.05, 0.1) is 42.7 Å². The Balaban J connectivity index is 0. The van der Waals surface area contributed by atoms with Gasteiger partial charge in [-0.05, 0) is 97.2 Å². The molecule has 0 bridgehead atoms. The molecule has 0 saturated heterocycles. The van der Waals surface area contributed by atoms with Crippen molar-refractivity contribution in [2.24, 2.45) is 52.3 Å². The molecule has 315 valence electrons. The maximum Gasteiger partial charge on any atom is 2.00 e. The van der Waals surface area contributed by atoms with Gasteiger partial charge in [0.25, 0.3) is 0 Å². The molecule has 5 aliphatic carbocycles. The molecule has 0 aromatic carbocycles. The van der Waals surface area contributed by atoms with E-state index >= 15 is 0 Å². The van der Waals surface area contributed by atoms with E-state index in [2.05, 4.69) is 61.8 Å². The first-order valence-corrected chi connectivity index (χ1v) is 22.7. The first kappa shape index (κ1) is 56.0. The van der Waals surface area contributed by atoms with Gasteiger partial charge in [-0.2, -0.15) is 0 Å². The number of hydrogen-bond acceptors (Lipinski definition) is 10. The van der Waals surface area contributed by atoms with Crippen molar-refractivity contribution in [2.45, 2.75) is 144 Å². The molecular weight excluding hydrogens is 875 g/mol. The van der Waals surface area contributed by atoms with Crippen LogP contribution in [0.2, 0.25) is 0 Å². The molecule has 8 atom stereocenters. The van der Waals surface area contributed by atoms with Crippen LogP contribution in [-0.2, 0) is 82.8 Å². The zero-order valence-electron chi connectivity index (χ0n) is 34.6. The molecule has 0 aromatic rings. The normalized spacial score (nSPS) is 29.8. The summed E-state index contributed by atoms with van der Waals surface area (Å²) in [5.41, 5.74) is 1.07. The van der Waals surface area contributed by atoms with Crippen LogP contribution in [0.15, 0.2) is 0 Å². The van der Waals surface area contributed by atoms with Crippen molar-refractivity contribution in [3.8, 4) is 0 Å². The predicted molar refractivity (Wildman–Crippen MR) is 206 cm³/mol. The van der Waals surface area contributed by atoms with Crippen LogP contribution in [-0.4, -0.2) is 48.4 Å². The van der Waals surface area contributed by atoms with E-state index in [-0.39, 0.29) is 37.2 Å². The third kappa shape index (κ3) is 18.6. The van der Waals surface area contributed by atoms with Gasteiger partial charge in [-0.3, -0.25) is 4.79 Å². The second-order valence-corrected chi connectivity index (χ2v) is 19.5. The van der Waals surface area contributed by atoms with E-state index in [1.54, 1.807) is 0 Å². The summed E-state index contributed by atoms with van der Waals surface area (Å²) in [5.74, 6) is 6.82. The minimum absolute atomic E-state index is 0. The van der Waals surface area contributed by atoms with Gasteiger partial charge >= 0.3 is 45.2 Å². The number of carbonyl (C=O) groups is 1. The molecule has 5 rings (SSSR count). The Kier molecular flexibility index (Phi) is 31.7. The molecule has 5 fully saturated rings. The van der Waals surface area contributed by atoms with Crippen molar-refractivity contribution < 1.29 is 82.8 Å². The minimum Gasteiger partial charge on any atom is -0.300 e. The number of hydrogen-bond donors (Lipinski definition) is 0. The Morgan fingerprint density at radius 2 is 1.09 bits per heavy atom. The van der Waals surface area contributed by atoms with Crippen molar-refractivity contribution in [3.05, 3.63) is 0 Å². The van der Waals surface area contributed by atoms with E-state index < -0.39 is 24.8 Å². The third-order valence-electron chi connectivity index (χ3n) is 12.8. The maximum absolute atomic E-state index is 12.1. The van der Waals surface area contributed by atoms with Gasteiger partial charge in [0.2, 0.25) is 0 Å². The van der Waals surface area contributed by atoms with Gasteiger partial charge < -0.3 is 0 Å². The standard InChI is InChI=1S/C27H46O.C5H10.3C2H6O3P.Co.Pd/c1-18(2)7-6-8-19(3)23-11-12-24-22-10-9-20-17-21(28)13-15-26(20,4)25(22)14-16-27(23,24)5;1-2-4-5-3-1;3*1-4-6(3)5-2;;/h18-20,22-25H,6-17H2,1-5H3;1-5H2;3*1-2H3;;/q;;3*+1;;+2/t19-,20?,22+,23-,24+,25+,26+,27-;;;;;;/m1....../s1. The molecule has 15 heteroatoms. The van der Waals surface area contributed by atoms with Crippen molar-refractivity contribution in [1.29, 1.82) is 0 Å². The van der Waals surface area contributed by atoms with E-state index in [0.717, 1.165) is 48.3 Å². The number of Topliss-reactive ketones (excluding diaryl/α,β-unsaturated/α-hetero) is 1. The van der Waals surface area contributed by atoms with E-state index in [1.165, 1.54) is 139 Å². The SMILES string of the molecule is C1CCCC1.CC(C)CCC[C@@H](C)[C@H]1CC[C@H]2[C@@H]3CCC4CC(=O)CC[C@]4(C)[C@H]3CC[C@]12C.CO[P+](=O)OC.CO[P+](=O)OC.CO[P+](=O)OC.[Co].[Pd+2]. The summed E-state index contributed by atoms with van der Waals surface area (Å²) in [7, 11) is 2.45. The fourth-order valence-corrected chi connectivity index (χ4v) is 10.6. The molecule has 0 aromatic heterocycles. The summed E-state index contributed by atoms with van der Waals surface area (Å²) >= 11 is 0. The zero-order valence-corrected chi connectivity index (χ0v) is 39.9. The Hall–Kier alpha value is 0.899. The molecule has 1 radical (unpaired) electrons. The van der Waals surface area contributed by atoms with Crippen molar-refractivity contribution in [3.63, 3.8) is 0 Å². The maximum atomic E-state index is 12.1. The fourth-order valence-electron chi connectivity index (χ4n) is 10.2. The fraction of sp³-hybridized carbons (Fsp3) is 0.974. The summed E-state index contributed by atoms with van der Waals surface area (Å²) < 4.78 is 54.8. The Bertz CT molecular complexity index is 992. The Labute approximate surface area is 350 Å². The van der Waals surface area contributed by atoms with E-state index in [1.807, 2.05) is 0 Å². The van der Waals surface area contributed by atoms with Crippen LogP contribution in [0.3, 0.4) is 0 Å². The average molecular weight is 949 g/mol. The summed E-state index contributed by atoms with van der Waals surface area (Å²) in [5, 5.41) is 0. The van der Waals surface area contributed by atoms with Gasteiger partial charge in [0.1, 0.15) is 5.78 Å². The first-order valence-electron chi connectivity index (χ1n) is 19.4. The summed E-state index contributed by atoms with van der Waals surface area (Å²) in [6.45, 7) is 12.6. The smallest absolute Gasteiger partial charge is 0.300 e. The molecule has 10 nitrogen and oxygen atoms in total. The quantitative estimate of drug-likeness (QED) is 0.146. The van der Waals surface area contributed by atoms with Crippen LogP contribution >= 0.6 is 24.8 Å². The first-order chi connectivity index (χ1) is 24.2. The van der Waals surface area contributed by atoms with E-state index in [9.17, 15) is 18.5 Å². The zero-order chi connectivity index (χ0) is 38.6. The second-order valence-electron chi connectivity index (χ2n) is 16.0. The summed E-state index contributed by atoms with van der Waals surface area (Å²) in [4.78, 5) is 12.1. The predicted octanol–water partition coefficient (Wildman–Crippen LogP) is 12.4. The third-order valence-corrected chi connectivity index (χ3v) is 14.6. The molecule has 0 spiro atoms. The number of fused-ring (bicyclic) bond motifs is 5. The minimum atomic E-state index is -1.83. The topological polar surface area (TPSA) is 124 Å². The average Bonchev–Trinajstić information content (AvgIpc) is 3.83.